The van der Waals surface area contributed by atoms with Gasteiger partial charge < -0.3 is 9.47 Å². The van der Waals surface area contributed by atoms with E-state index in [0.717, 1.165) is 10.8 Å². The van der Waals surface area contributed by atoms with Gasteiger partial charge in [-0.3, -0.25) is 4.90 Å². The molecule has 0 aliphatic carbocycles. The Morgan fingerprint density at radius 1 is 0.700 bits per heavy atom. The summed E-state index contributed by atoms with van der Waals surface area (Å²) >= 11 is 6.24. The summed E-state index contributed by atoms with van der Waals surface area (Å²) in [6, 6.07) is 19.9. The second-order valence-electron chi connectivity index (χ2n) is 6.59. The zero-order valence-corrected chi connectivity index (χ0v) is 17.1. The summed E-state index contributed by atoms with van der Waals surface area (Å²) in [5, 5.41) is 2.22. The van der Waals surface area contributed by atoms with Crippen LogP contribution < -0.4 is 14.4 Å². The lowest BCUT2D eigenvalue weighted by molar-refractivity contribution is 0.412. The highest BCUT2D eigenvalue weighted by Crippen LogP contribution is 2.47. The van der Waals surface area contributed by atoms with Gasteiger partial charge in [0, 0.05) is 5.02 Å². The Kier molecular flexibility index (Phi) is 5.46. The fourth-order valence-corrected chi connectivity index (χ4v) is 3.62. The minimum absolute atomic E-state index is 0.258. The lowest BCUT2D eigenvalue weighted by atomic mass is 10.1. The molecule has 4 aromatic carbocycles. The van der Waals surface area contributed by atoms with Gasteiger partial charge in [-0.2, -0.15) is 0 Å². The molecule has 0 atom stereocenters. The molecular formula is C24H18ClF2NO2. The number of methoxy groups -OCH3 is 2. The summed E-state index contributed by atoms with van der Waals surface area (Å²) in [4.78, 5) is 1.43. The topological polar surface area (TPSA) is 21.7 Å². The van der Waals surface area contributed by atoms with Crippen LogP contribution in [-0.2, 0) is 0 Å². The van der Waals surface area contributed by atoms with Crippen LogP contribution in [0.25, 0.3) is 10.8 Å². The third-order valence-corrected chi connectivity index (χ3v) is 5.07. The van der Waals surface area contributed by atoms with Gasteiger partial charge in [0.1, 0.15) is 28.8 Å². The van der Waals surface area contributed by atoms with Gasteiger partial charge in [-0.15, -0.1) is 0 Å². The molecule has 4 aromatic rings. The summed E-state index contributed by atoms with van der Waals surface area (Å²) in [5.74, 6) is -0.616. The van der Waals surface area contributed by atoms with E-state index in [1.165, 1.54) is 37.3 Å². The Balaban J connectivity index is 2.10. The maximum absolute atomic E-state index is 15.0. The normalized spacial score (nSPS) is 10.8. The van der Waals surface area contributed by atoms with Gasteiger partial charge in [-0.05, 0) is 53.2 Å². The number of nitrogens with zero attached hydrogens (tertiary/aromatic N) is 1. The van der Waals surface area contributed by atoms with Crippen LogP contribution in [0.4, 0.5) is 25.8 Å². The Bertz CT molecular complexity index is 1210. The highest BCUT2D eigenvalue weighted by Gasteiger charge is 2.26. The van der Waals surface area contributed by atoms with Gasteiger partial charge in [0.2, 0.25) is 0 Å². The van der Waals surface area contributed by atoms with E-state index >= 15 is 0 Å². The van der Waals surface area contributed by atoms with Crippen molar-refractivity contribution >= 4 is 39.4 Å². The fourth-order valence-electron chi connectivity index (χ4n) is 3.46. The van der Waals surface area contributed by atoms with Gasteiger partial charge in [0.05, 0.1) is 25.6 Å². The lowest BCUT2D eigenvalue weighted by Crippen LogP contribution is -2.15. The van der Waals surface area contributed by atoms with Crippen molar-refractivity contribution in [3.8, 4) is 11.5 Å². The molecule has 0 aromatic heterocycles. The molecule has 6 heteroatoms. The summed E-state index contributed by atoms with van der Waals surface area (Å²) in [5.41, 5.74) is 0.565. The van der Waals surface area contributed by atoms with Crippen molar-refractivity contribution in [2.75, 3.05) is 19.1 Å². The van der Waals surface area contributed by atoms with Crippen LogP contribution >= 0.6 is 11.6 Å². The van der Waals surface area contributed by atoms with Crippen molar-refractivity contribution in [2.45, 2.75) is 0 Å². The molecule has 0 amide bonds. The number of ether oxygens (including phenoxy) is 2. The summed E-state index contributed by atoms with van der Waals surface area (Å²) in [6.07, 6.45) is 0. The number of halogens is 3. The number of anilines is 3. The van der Waals surface area contributed by atoms with Crippen molar-refractivity contribution in [1.29, 1.82) is 0 Å². The number of para-hydroxylation sites is 1. The van der Waals surface area contributed by atoms with E-state index in [-0.39, 0.29) is 5.69 Å². The quantitative estimate of drug-likeness (QED) is 0.336. The maximum atomic E-state index is 15.0. The van der Waals surface area contributed by atoms with E-state index in [0.29, 0.717) is 27.9 Å². The van der Waals surface area contributed by atoms with Crippen molar-refractivity contribution in [3.63, 3.8) is 0 Å². The van der Waals surface area contributed by atoms with Gasteiger partial charge >= 0.3 is 0 Å². The number of hydrogen-bond donors (Lipinski definition) is 0. The average Bonchev–Trinajstić information content (AvgIpc) is 2.75. The number of benzene rings is 4. The molecule has 3 nitrogen and oxygen atoms in total. The van der Waals surface area contributed by atoms with Crippen molar-refractivity contribution < 1.29 is 18.3 Å². The molecule has 0 saturated heterocycles. The zero-order valence-electron chi connectivity index (χ0n) is 16.3. The van der Waals surface area contributed by atoms with Crippen LogP contribution in [0.1, 0.15) is 0 Å². The van der Waals surface area contributed by atoms with Crippen LogP contribution in [0.2, 0.25) is 5.02 Å². The third kappa shape index (κ3) is 3.53. The molecule has 0 fully saturated rings. The van der Waals surface area contributed by atoms with Gasteiger partial charge in [-0.1, -0.05) is 41.9 Å². The van der Waals surface area contributed by atoms with Gasteiger partial charge in [0.15, 0.2) is 0 Å². The van der Waals surface area contributed by atoms with Gasteiger partial charge in [0.25, 0.3) is 0 Å². The molecule has 0 saturated carbocycles. The summed E-state index contributed by atoms with van der Waals surface area (Å²) in [6.45, 7) is 0. The SMILES string of the molecule is COc1ccc(Cl)cc1N(c1cc2ccccc2cc1OC)c1c(F)cccc1F. The van der Waals surface area contributed by atoms with E-state index < -0.39 is 11.6 Å². The van der Waals surface area contributed by atoms with E-state index in [1.807, 2.05) is 36.4 Å². The molecule has 0 N–H and O–H groups in total. The molecule has 0 aliphatic rings. The monoisotopic (exact) mass is 425 g/mol. The molecule has 30 heavy (non-hydrogen) atoms. The highest BCUT2D eigenvalue weighted by atomic mass is 35.5. The molecule has 0 unspecified atom stereocenters. The van der Waals surface area contributed by atoms with E-state index in [4.69, 9.17) is 21.1 Å². The number of hydrogen-bond acceptors (Lipinski definition) is 3. The first-order valence-corrected chi connectivity index (χ1v) is 9.55. The Morgan fingerprint density at radius 3 is 1.93 bits per heavy atom. The molecule has 152 valence electrons. The van der Waals surface area contributed by atoms with Crippen molar-refractivity contribution in [3.05, 3.63) is 89.5 Å². The van der Waals surface area contributed by atoms with Crippen molar-refractivity contribution in [2.24, 2.45) is 0 Å². The Morgan fingerprint density at radius 2 is 1.30 bits per heavy atom. The largest absolute Gasteiger partial charge is 0.495 e. The Labute approximate surface area is 178 Å². The first-order chi connectivity index (χ1) is 14.5. The second kappa shape index (κ2) is 8.20. The van der Waals surface area contributed by atoms with Crippen molar-refractivity contribution in [1.82, 2.24) is 0 Å². The molecule has 0 aliphatic heterocycles. The minimum Gasteiger partial charge on any atom is -0.495 e. The lowest BCUT2D eigenvalue weighted by Gasteiger charge is -2.29. The van der Waals surface area contributed by atoms with E-state index in [1.54, 1.807) is 18.2 Å². The molecule has 0 bridgehead atoms. The predicted molar refractivity (Wildman–Crippen MR) is 117 cm³/mol. The van der Waals surface area contributed by atoms with E-state index in [2.05, 4.69) is 0 Å². The second-order valence-corrected chi connectivity index (χ2v) is 7.03. The van der Waals surface area contributed by atoms with Crippen LogP contribution in [0.5, 0.6) is 11.5 Å². The Hall–Kier alpha value is -3.31. The summed E-state index contributed by atoms with van der Waals surface area (Å²) in [7, 11) is 3.00. The van der Waals surface area contributed by atoms with Crippen LogP contribution in [0.15, 0.2) is 72.8 Å². The fraction of sp³-hybridized carbons (Fsp3) is 0.0833. The minimum atomic E-state index is -0.729. The third-order valence-electron chi connectivity index (χ3n) is 4.83. The molecule has 0 heterocycles. The number of rotatable bonds is 5. The summed E-state index contributed by atoms with van der Waals surface area (Å²) < 4.78 is 41.0. The first kappa shape index (κ1) is 20.0. The standard InChI is InChI=1S/C24H18ClF2NO2/c1-29-22-11-10-17(25)14-21(22)28(24-18(26)8-5-9-19(24)27)20-12-15-6-3-4-7-16(15)13-23(20)30-2/h3-14H,1-2H3. The van der Waals surface area contributed by atoms with Crippen LogP contribution in [0.3, 0.4) is 0 Å². The average molecular weight is 426 g/mol. The zero-order chi connectivity index (χ0) is 21.3. The molecule has 4 rings (SSSR count). The predicted octanol–water partition coefficient (Wildman–Crippen LogP) is 7.26. The molecule has 0 radical (unpaired) electrons. The first-order valence-electron chi connectivity index (χ1n) is 9.18. The maximum Gasteiger partial charge on any atom is 0.150 e. The van der Waals surface area contributed by atoms with E-state index in [9.17, 15) is 8.78 Å². The van der Waals surface area contributed by atoms with Crippen LogP contribution in [0, 0.1) is 11.6 Å². The number of fused-ring (bicyclic) bond motifs is 1. The molecule has 0 spiro atoms. The van der Waals surface area contributed by atoms with Gasteiger partial charge in [-0.25, -0.2) is 8.78 Å². The smallest absolute Gasteiger partial charge is 0.150 e. The highest BCUT2D eigenvalue weighted by molar-refractivity contribution is 6.31. The van der Waals surface area contributed by atoms with Crippen LogP contribution in [-0.4, -0.2) is 14.2 Å². The molecular weight excluding hydrogens is 408 g/mol.